The first-order valence-electron chi connectivity index (χ1n) is 7.29. The highest BCUT2D eigenvalue weighted by Crippen LogP contribution is 2.26. The van der Waals surface area contributed by atoms with Crippen LogP contribution in [0.3, 0.4) is 0 Å². The van der Waals surface area contributed by atoms with Crippen molar-refractivity contribution in [3.63, 3.8) is 0 Å². The lowest BCUT2D eigenvalue weighted by atomic mass is 9.88. The molecule has 0 aromatic carbocycles. The molecule has 15 heavy (non-hydrogen) atoms. The fourth-order valence-corrected chi connectivity index (χ4v) is 2.97. The molecule has 0 unspecified atom stereocenters. The summed E-state index contributed by atoms with van der Waals surface area (Å²) in [5.41, 5.74) is 0. The number of hydrogen-bond acceptors (Lipinski definition) is 0. The standard InChI is InChI=1S/C15H30/c1-14(2)13-15-11-9-7-5-3-4-6-8-10-12-15/h14-15H,3-13H2,1-2H3. The molecule has 0 heteroatoms. The Morgan fingerprint density at radius 3 is 1.53 bits per heavy atom. The molecule has 1 saturated carbocycles. The Kier molecular flexibility index (Phi) is 7.13. The van der Waals surface area contributed by atoms with Gasteiger partial charge in [0.05, 0.1) is 0 Å². The van der Waals surface area contributed by atoms with Gasteiger partial charge in [-0.2, -0.15) is 0 Å². The maximum atomic E-state index is 2.38. The van der Waals surface area contributed by atoms with Crippen LogP contribution in [0.4, 0.5) is 0 Å². The van der Waals surface area contributed by atoms with E-state index < -0.39 is 0 Å². The second-order valence-corrected chi connectivity index (χ2v) is 5.90. The lowest BCUT2D eigenvalue weighted by molar-refractivity contribution is 0.344. The Hall–Kier alpha value is 0. The second kappa shape index (κ2) is 8.19. The molecule has 0 nitrogen and oxygen atoms in total. The predicted octanol–water partition coefficient (Wildman–Crippen LogP) is 5.56. The van der Waals surface area contributed by atoms with Crippen molar-refractivity contribution in [2.75, 3.05) is 0 Å². The van der Waals surface area contributed by atoms with Gasteiger partial charge in [-0.3, -0.25) is 0 Å². The van der Waals surface area contributed by atoms with Crippen LogP contribution in [0.5, 0.6) is 0 Å². The average Bonchev–Trinajstić information content (AvgIpc) is 2.23. The van der Waals surface area contributed by atoms with E-state index in [1.165, 1.54) is 70.6 Å². The van der Waals surface area contributed by atoms with Crippen LogP contribution < -0.4 is 0 Å². The molecule has 0 heterocycles. The average molecular weight is 210 g/mol. The highest BCUT2D eigenvalue weighted by molar-refractivity contribution is 4.64. The summed E-state index contributed by atoms with van der Waals surface area (Å²) >= 11 is 0. The summed E-state index contributed by atoms with van der Waals surface area (Å²) in [6, 6.07) is 0. The maximum absolute atomic E-state index is 2.38. The molecule has 0 aliphatic heterocycles. The van der Waals surface area contributed by atoms with Crippen molar-refractivity contribution in [3.8, 4) is 0 Å². The number of rotatable bonds is 2. The highest BCUT2D eigenvalue weighted by Gasteiger charge is 2.11. The van der Waals surface area contributed by atoms with Crippen LogP contribution in [0, 0.1) is 11.8 Å². The minimum absolute atomic E-state index is 0.903. The third kappa shape index (κ3) is 6.98. The quantitative estimate of drug-likeness (QED) is 0.559. The van der Waals surface area contributed by atoms with E-state index in [0.717, 1.165) is 11.8 Å². The minimum Gasteiger partial charge on any atom is -0.0628 e. The lowest BCUT2D eigenvalue weighted by Gasteiger charge is -2.18. The summed E-state index contributed by atoms with van der Waals surface area (Å²) < 4.78 is 0. The minimum atomic E-state index is 0.903. The fourth-order valence-electron chi connectivity index (χ4n) is 2.97. The van der Waals surface area contributed by atoms with Gasteiger partial charge in [0.1, 0.15) is 0 Å². The summed E-state index contributed by atoms with van der Waals surface area (Å²) in [4.78, 5) is 0. The van der Waals surface area contributed by atoms with Gasteiger partial charge < -0.3 is 0 Å². The Morgan fingerprint density at radius 1 is 0.733 bits per heavy atom. The van der Waals surface area contributed by atoms with Crippen LogP contribution in [0.15, 0.2) is 0 Å². The molecular weight excluding hydrogens is 180 g/mol. The Bertz CT molecular complexity index is 125. The molecule has 1 aliphatic rings. The van der Waals surface area contributed by atoms with Crippen molar-refractivity contribution >= 4 is 0 Å². The predicted molar refractivity (Wildman–Crippen MR) is 69.1 cm³/mol. The first kappa shape index (κ1) is 13.1. The third-order valence-corrected chi connectivity index (χ3v) is 3.78. The molecule has 0 saturated heterocycles. The molecule has 1 rings (SSSR count). The van der Waals surface area contributed by atoms with Gasteiger partial charge in [-0.05, 0) is 18.3 Å². The van der Waals surface area contributed by atoms with Crippen LogP contribution in [-0.2, 0) is 0 Å². The molecular formula is C15H30. The maximum Gasteiger partial charge on any atom is -0.0412 e. The zero-order valence-corrected chi connectivity index (χ0v) is 10.9. The number of hydrogen-bond donors (Lipinski definition) is 0. The molecule has 0 aromatic rings. The van der Waals surface area contributed by atoms with E-state index in [1.807, 2.05) is 0 Å². The van der Waals surface area contributed by atoms with E-state index in [-0.39, 0.29) is 0 Å². The molecule has 1 aliphatic carbocycles. The van der Waals surface area contributed by atoms with Crippen LogP contribution in [0.25, 0.3) is 0 Å². The zero-order chi connectivity index (χ0) is 10.9. The van der Waals surface area contributed by atoms with Gasteiger partial charge in [0.2, 0.25) is 0 Å². The van der Waals surface area contributed by atoms with E-state index in [4.69, 9.17) is 0 Å². The van der Waals surface area contributed by atoms with Gasteiger partial charge in [-0.25, -0.2) is 0 Å². The first-order valence-corrected chi connectivity index (χ1v) is 7.29. The van der Waals surface area contributed by atoms with Crippen molar-refractivity contribution in [2.45, 2.75) is 84.5 Å². The molecule has 0 amide bonds. The van der Waals surface area contributed by atoms with Crippen molar-refractivity contribution in [1.29, 1.82) is 0 Å². The summed E-state index contributed by atoms with van der Waals surface area (Å²) in [7, 11) is 0. The molecule has 0 N–H and O–H groups in total. The van der Waals surface area contributed by atoms with Gasteiger partial charge in [-0.15, -0.1) is 0 Å². The van der Waals surface area contributed by atoms with E-state index >= 15 is 0 Å². The third-order valence-electron chi connectivity index (χ3n) is 3.78. The molecule has 0 radical (unpaired) electrons. The molecule has 0 bridgehead atoms. The van der Waals surface area contributed by atoms with Gasteiger partial charge in [0.25, 0.3) is 0 Å². The second-order valence-electron chi connectivity index (χ2n) is 5.90. The molecule has 90 valence electrons. The van der Waals surface area contributed by atoms with Crippen LogP contribution in [0.1, 0.15) is 84.5 Å². The van der Waals surface area contributed by atoms with Crippen molar-refractivity contribution in [3.05, 3.63) is 0 Å². The van der Waals surface area contributed by atoms with E-state index in [1.54, 1.807) is 0 Å². The van der Waals surface area contributed by atoms with Crippen molar-refractivity contribution in [2.24, 2.45) is 11.8 Å². The summed E-state index contributed by atoms with van der Waals surface area (Å²) in [6.45, 7) is 4.76. The Labute approximate surface area is 96.8 Å². The fraction of sp³-hybridized carbons (Fsp3) is 1.00. The molecule has 0 atom stereocenters. The zero-order valence-electron chi connectivity index (χ0n) is 10.9. The summed E-state index contributed by atoms with van der Waals surface area (Å²) in [5.74, 6) is 1.95. The largest absolute Gasteiger partial charge is 0.0628 e. The monoisotopic (exact) mass is 210 g/mol. The normalized spacial score (nSPS) is 22.6. The molecule has 0 spiro atoms. The molecule has 1 fully saturated rings. The highest BCUT2D eigenvalue weighted by atomic mass is 14.2. The van der Waals surface area contributed by atoms with Gasteiger partial charge >= 0.3 is 0 Å². The lowest BCUT2D eigenvalue weighted by Crippen LogP contribution is -2.05. The van der Waals surface area contributed by atoms with Gasteiger partial charge in [0, 0.05) is 0 Å². The Balaban J connectivity index is 2.25. The van der Waals surface area contributed by atoms with Crippen molar-refractivity contribution in [1.82, 2.24) is 0 Å². The van der Waals surface area contributed by atoms with Crippen LogP contribution in [-0.4, -0.2) is 0 Å². The SMILES string of the molecule is CC(C)CC1CCCCCCCCCC1. The smallest absolute Gasteiger partial charge is 0.0412 e. The van der Waals surface area contributed by atoms with Gasteiger partial charge in [-0.1, -0.05) is 78.1 Å². The topological polar surface area (TPSA) is 0 Å². The van der Waals surface area contributed by atoms with Crippen LogP contribution >= 0.6 is 0 Å². The first-order chi connectivity index (χ1) is 7.29. The van der Waals surface area contributed by atoms with E-state index in [0.29, 0.717) is 0 Å². The van der Waals surface area contributed by atoms with Crippen molar-refractivity contribution < 1.29 is 0 Å². The summed E-state index contributed by atoms with van der Waals surface area (Å²) in [5, 5.41) is 0. The van der Waals surface area contributed by atoms with Gasteiger partial charge in [0.15, 0.2) is 0 Å². The Morgan fingerprint density at radius 2 is 1.13 bits per heavy atom. The van der Waals surface area contributed by atoms with Crippen LogP contribution in [0.2, 0.25) is 0 Å². The van der Waals surface area contributed by atoms with E-state index in [9.17, 15) is 0 Å². The summed E-state index contributed by atoms with van der Waals surface area (Å²) in [6.07, 6.45) is 16.5. The molecule has 0 aromatic heterocycles. The van der Waals surface area contributed by atoms with E-state index in [2.05, 4.69) is 13.8 Å².